The Morgan fingerprint density at radius 2 is 2.29 bits per heavy atom. The summed E-state index contributed by atoms with van der Waals surface area (Å²) in [4.78, 5) is 28.6. The molecule has 0 bridgehead atoms. The second-order valence-electron chi connectivity index (χ2n) is 2.58. The van der Waals surface area contributed by atoms with Crippen molar-refractivity contribution in [3.63, 3.8) is 0 Å². The van der Waals surface area contributed by atoms with Crippen molar-refractivity contribution < 1.29 is 14.7 Å². The van der Waals surface area contributed by atoms with Crippen molar-refractivity contribution in [2.75, 3.05) is 0 Å². The number of nitrogens with zero attached hydrogens (tertiary/aromatic N) is 2. The van der Waals surface area contributed by atoms with Crippen LogP contribution in [0.4, 0.5) is 0 Å². The lowest BCUT2D eigenvalue weighted by molar-refractivity contribution is -0.150. The van der Waals surface area contributed by atoms with Crippen molar-refractivity contribution in [2.24, 2.45) is 0 Å². The predicted octanol–water partition coefficient (Wildman–Crippen LogP) is -0.514. The highest BCUT2D eigenvalue weighted by Crippen LogP contribution is 1.93. The zero-order valence-electron chi connectivity index (χ0n) is 7.52. The zero-order valence-corrected chi connectivity index (χ0v) is 7.52. The van der Waals surface area contributed by atoms with Crippen molar-refractivity contribution in [2.45, 2.75) is 13.5 Å². The molecular weight excluding hydrogens is 186 g/mol. The molecule has 1 aromatic heterocycles. The molecular formula is C8H9N3O3. The van der Waals surface area contributed by atoms with Crippen LogP contribution in [0.2, 0.25) is 0 Å². The Balaban J connectivity index is 2.54. The molecule has 1 amide bonds. The number of amides is 1. The fraction of sp³-hybridized carbons (Fsp3) is 0.250. The lowest BCUT2D eigenvalue weighted by Crippen LogP contribution is -2.30. The minimum absolute atomic E-state index is 0.0918. The van der Waals surface area contributed by atoms with E-state index in [2.05, 4.69) is 15.3 Å². The number of hydrogen-bond acceptors (Lipinski definition) is 4. The summed E-state index contributed by atoms with van der Waals surface area (Å²) < 4.78 is 0. The van der Waals surface area contributed by atoms with E-state index < -0.39 is 11.9 Å². The molecule has 74 valence electrons. The minimum atomic E-state index is -1.50. The summed E-state index contributed by atoms with van der Waals surface area (Å²) >= 11 is 0. The topological polar surface area (TPSA) is 92.2 Å². The van der Waals surface area contributed by atoms with Gasteiger partial charge < -0.3 is 10.4 Å². The summed E-state index contributed by atoms with van der Waals surface area (Å²) in [5.41, 5.74) is 0.576. The molecule has 14 heavy (non-hydrogen) atoms. The van der Waals surface area contributed by atoms with Gasteiger partial charge in [0.2, 0.25) is 0 Å². The van der Waals surface area contributed by atoms with Crippen LogP contribution in [0.15, 0.2) is 12.3 Å². The van der Waals surface area contributed by atoms with E-state index in [4.69, 9.17) is 5.11 Å². The number of carbonyl (C=O) groups is 2. The largest absolute Gasteiger partial charge is 0.474 e. The van der Waals surface area contributed by atoms with Crippen LogP contribution in [0, 0.1) is 6.92 Å². The monoisotopic (exact) mass is 195 g/mol. The van der Waals surface area contributed by atoms with E-state index in [9.17, 15) is 9.59 Å². The standard InChI is InChI=1S/C8H9N3O3/c1-5-9-3-2-6(11-5)4-10-7(12)8(13)14/h2-3H,4H2,1H3,(H,10,12)(H,13,14). The number of carboxylic acid groups (broad SMARTS) is 1. The summed E-state index contributed by atoms with van der Waals surface area (Å²) in [6, 6.07) is 1.61. The molecule has 0 aromatic carbocycles. The Labute approximate surface area is 80.0 Å². The molecule has 0 aliphatic carbocycles. The summed E-state index contributed by atoms with van der Waals surface area (Å²) in [6.07, 6.45) is 1.55. The number of aliphatic carboxylic acids is 1. The van der Waals surface area contributed by atoms with Crippen LogP contribution < -0.4 is 5.32 Å². The fourth-order valence-corrected chi connectivity index (χ4v) is 0.850. The quantitative estimate of drug-likeness (QED) is 0.620. The Hall–Kier alpha value is -1.98. The fourth-order valence-electron chi connectivity index (χ4n) is 0.850. The van der Waals surface area contributed by atoms with Crippen LogP contribution in [0.1, 0.15) is 11.5 Å². The van der Waals surface area contributed by atoms with Crippen LogP contribution in [-0.4, -0.2) is 27.0 Å². The van der Waals surface area contributed by atoms with Crippen LogP contribution in [0.5, 0.6) is 0 Å². The average Bonchev–Trinajstić information content (AvgIpc) is 2.14. The molecule has 1 aromatic rings. The Morgan fingerprint density at radius 3 is 2.86 bits per heavy atom. The van der Waals surface area contributed by atoms with Crippen molar-refractivity contribution in [3.8, 4) is 0 Å². The van der Waals surface area contributed by atoms with Crippen molar-refractivity contribution in [1.29, 1.82) is 0 Å². The van der Waals surface area contributed by atoms with E-state index in [0.29, 0.717) is 11.5 Å². The molecule has 1 rings (SSSR count). The minimum Gasteiger partial charge on any atom is -0.474 e. The lowest BCUT2D eigenvalue weighted by atomic mass is 10.4. The summed E-state index contributed by atoms with van der Waals surface area (Å²) in [5.74, 6) is -1.97. The number of carboxylic acids is 1. The van der Waals surface area contributed by atoms with Gasteiger partial charge in [-0.2, -0.15) is 0 Å². The maximum atomic E-state index is 10.6. The molecule has 0 aliphatic rings. The van der Waals surface area contributed by atoms with E-state index in [-0.39, 0.29) is 6.54 Å². The first-order valence-corrected chi connectivity index (χ1v) is 3.89. The highest BCUT2D eigenvalue weighted by atomic mass is 16.4. The summed E-state index contributed by atoms with van der Waals surface area (Å²) in [7, 11) is 0. The smallest absolute Gasteiger partial charge is 0.394 e. The van der Waals surface area contributed by atoms with Crippen LogP contribution in [-0.2, 0) is 16.1 Å². The Kier molecular flexibility index (Phi) is 3.11. The molecule has 0 fully saturated rings. The Morgan fingerprint density at radius 1 is 1.57 bits per heavy atom. The molecule has 6 nitrogen and oxygen atoms in total. The molecule has 0 radical (unpaired) electrons. The first-order chi connectivity index (χ1) is 6.59. The SMILES string of the molecule is Cc1nccc(CNC(=O)C(=O)O)n1. The number of nitrogens with one attached hydrogen (secondary N) is 1. The Bertz CT molecular complexity index is 365. The van der Waals surface area contributed by atoms with Crippen LogP contribution in [0.3, 0.4) is 0 Å². The molecule has 1 heterocycles. The molecule has 0 spiro atoms. The highest BCUT2D eigenvalue weighted by Gasteiger charge is 2.09. The van der Waals surface area contributed by atoms with Gasteiger partial charge in [-0.3, -0.25) is 4.79 Å². The van der Waals surface area contributed by atoms with Gasteiger partial charge in [0.25, 0.3) is 0 Å². The number of aryl methyl sites for hydroxylation is 1. The van der Waals surface area contributed by atoms with Gasteiger partial charge in [-0.15, -0.1) is 0 Å². The van der Waals surface area contributed by atoms with Crippen molar-refractivity contribution >= 4 is 11.9 Å². The van der Waals surface area contributed by atoms with Gasteiger partial charge in [0.1, 0.15) is 5.82 Å². The zero-order chi connectivity index (χ0) is 10.6. The van der Waals surface area contributed by atoms with Crippen molar-refractivity contribution in [1.82, 2.24) is 15.3 Å². The number of rotatable bonds is 2. The molecule has 0 unspecified atom stereocenters. The van der Waals surface area contributed by atoms with Crippen LogP contribution >= 0.6 is 0 Å². The van der Waals surface area contributed by atoms with Gasteiger partial charge in [-0.1, -0.05) is 0 Å². The third kappa shape index (κ3) is 2.81. The second-order valence-corrected chi connectivity index (χ2v) is 2.58. The average molecular weight is 195 g/mol. The van der Waals surface area contributed by atoms with E-state index in [0.717, 1.165) is 0 Å². The highest BCUT2D eigenvalue weighted by molar-refractivity contribution is 6.31. The van der Waals surface area contributed by atoms with Gasteiger partial charge in [-0.05, 0) is 13.0 Å². The second kappa shape index (κ2) is 4.31. The molecule has 2 N–H and O–H groups in total. The van der Waals surface area contributed by atoms with Gasteiger partial charge in [0.05, 0.1) is 12.2 Å². The van der Waals surface area contributed by atoms with Gasteiger partial charge >= 0.3 is 11.9 Å². The maximum Gasteiger partial charge on any atom is 0.394 e. The number of carbonyl (C=O) groups excluding carboxylic acids is 1. The third-order valence-corrected chi connectivity index (χ3v) is 1.46. The van der Waals surface area contributed by atoms with E-state index in [1.807, 2.05) is 0 Å². The molecule has 0 aliphatic heterocycles. The molecule has 0 saturated carbocycles. The third-order valence-electron chi connectivity index (χ3n) is 1.46. The molecule has 0 atom stereocenters. The first kappa shape index (κ1) is 10.1. The maximum absolute atomic E-state index is 10.6. The first-order valence-electron chi connectivity index (χ1n) is 3.89. The number of aromatic nitrogens is 2. The van der Waals surface area contributed by atoms with Crippen molar-refractivity contribution in [3.05, 3.63) is 23.8 Å². The lowest BCUT2D eigenvalue weighted by Gasteiger charge is -2.01. The molecule has 6 heteroatoms. The van der Waals surface area contributed by atoms with E-state index >= 15 is 0 Å². The van der Waals surface area contributed by atoms with Gasteiger partial charge in [-0.25, -0.2) is 14.8 Å². The molecule has 0 saturated heterocycles. The van der Waals surface area contributed by atoms with Gasteiger partial charge in [0, 0.05) is 6.20 Å². The van der Waals surface area contributed by atoms with E-state index in [1.165, 1.54) is 0 Å². The predicted molar refractivity (Wildman–Crippen MR) is 46.3 cm³/mol. The van der Waals surface area contributed by atoms with Crippen LogP contribution in [0.25, 0.3) is 0 Å². The summed E-state index contributed by atoms with van der Waals surface area (Å²) in [6.45, 7) is 1.80. The summed E-state index contributed by atoms with van der Waals surface area (Å²) in [5, 5.41) is 10.5. The van der Waals surface area contributed by atoms with Gasteiger partial charge in [0.15, 0.2) is 0 Å². The van der Waals surface area contributed by atoms with E-state index in [1.54, 1.807) is 19.2 Å². The normalized spacial score (nSPS) is 9.50. The number of hydrogen-bond donors (Lipinski definition) is 2.